The van der Waals surface area contributed by atoms with Crippen molar-refractivity contribution in [3.63, 3.8) is 0 Å². The number of rotatable bonds is 9. The van der Waals surface area contributed by atoms with Crippen molar-refractivity contribution in [1.29, 1.82) is 0 Å². The number of benzene rings is 1. The molecule has 0 saturated heterocycles. The van der Waals surface area contributed by atoms with Gasteiger partial charge < -0.3 is 19.6 Å². The van der Waals surface area contributed by atoms with Crippen molar-refractivity contribution in [2.24, 2.45) is 5.92 Å². The first-order valence-electron chi connectivity index (χ1n) is 11.7. The van der Waals surface area contributed by atoms with E-state index in [0.717, 1.165) is 11.5 Å². The lowest BCUT2D eigenvalue weighted by atomic mass is 10.1. The van der Waals surface area contributed by atoms with E-state index in [1.807, 2.05) is 48.0 Å². The Balaban J connectivity index is 2.03. The quantitative estimate of drug-likeness (QED) is 0.342. The second kappa shape index (κ2) is 12.2. The fourth-order valence-electron chi connectivity index (χ4n) is 4.01. The Labute approximate surface area is 220 Å². The van der Waals surface area contributed by atoms with Gasteiger partial charge in [0.1, 0.15) is 23.3 Å². The Hall–Kier alpha value is -3.46. The van der Waals surface area contributed by atoms with E-state index >= 15 is 0 Å². The van der Waals surface area contributed by atoms with Gasteiger partial charge in [0.25, 0.3) is 0 Å². The van der Waals surface area contributed by atoms with Gasteiger partial charge in [0.15, 0.2) is 17.0 Å². The molecule has 0 radical (unpaired) electrons. The zero-order valence-corrected chi connectivity index (χ0v) is 22.4. The largest absolute Gasteiger partial charge is 0.504 e. The van der Waals surface area contributed by atoms with Gasteiger partial charge in [-0.2, -0.15) is 0 Å². The molecular weight excluding hydrogens is 499 g/mol. The van der Waals surface area contributed by atoms with E-state index < -0.39 is 17.2 Å². The summed E-state index contributed by atoms with van der Waals surface area (Å²) >= 11 is 1.31. The van der Waals surface area contributed by atoms with Crippen molar-refractivity contribution in [1.82, 2.24) is 9.80 Å². The molecule has 3 rings (SSSR count). The highest BCUT2D eigenvalue weighted by Crippen LogP contribution is 2.41. The SMILES string of the molecule is C=C(F)/C(CSC1N(C)C=C(N(C)c2ccc(OC)c(O)c2)N1C1=CC=C(F)C=CC1C)=C(F)\C=C/C. The molecule has 1 aliphatic carbocycles. The van der Waals surface area contributed by atoms with Crippen LogP contribution < -0.4 is 9.64 Å². The summed E-state index contributed by atoms with van der Waals surface area (Å²) in [5.74, 6) is -0.955. The summed E-state index contributed by atoms with van der Waals surface area (Å²) in [5, 5.41) is 10.3. The fourth-order valence-corrected chi connectivity index (χ4v) is 5.30. The standard InChI is InChI=1S/C28H32F3N3O2S/c1-7-8-23(31)22(19(3)29)17-37-28-32(4)16-27(33(5)21-12-14-26(36-6)25(35)15-21)34(28)24-13-11-20(30)10-9-18(24)2/h7-16,18,28,35H,3,17H2,1-2,4-6H3/b8-7-,23-22+. The van der Waals surface area contributed by atoms with E-state index in [1.165, 1.54) is 43.2 Å². The van der Waals surface area contributed by atoms with Gasteiger partial charge in [0, 0.05) is 55.0 Å². The molecule has 2 unspecified atom stereocenters. The molecular formula is C28H32F3N3O2S. The third-order valence-corrected chi connectivity index (χ3v) is 7.33. The van der Waals surface area contributed by atoms with Crippen LogP contribution in [0.1, 0.15) is 13.8 Å². The van der Waals surface area contributed by atoms with Crippen LogP contribution in [-0.4, -0.2) is 47.4 Å². The van der Waals surface area contributed by atoms with Gasteiger partial charge in [-0.05, 0) is 43.4 Å². The van der Waals surface area contributed by atoms with Crippen LogP contribution in [0.2, 0.25) is 0 Å². The zero-order valence-electron chi connectivity index (χ0n) is 21.6. The van der Waals surface area contributed by atoms with Gasteiger partial charge in [-0.1, -0.05) is 25.7 Å². The number of nitrogens with zero attached hydrogens (tertiary/aromatic N) is 3. The molecule has 1 aromatic rings. The van der Waals surface area contributed by atoms with Gasteiger partial charge in [0.2, 0.25) is 0 Å². The molecule has 37 heavy (non-hydrogen) atoms. The number of ether oxygens (including phenoxy) is 1. The van der Waals surface area contributed by atoms with Crippen molar-refractivity contribution in [2.75, 3.05) is 31.9 Å². The highest BCUT2D eigenvalue weighted by molar-refractivity contribution is 8.00. The molecule has 198 valence electrons. The number of phenols is 1. The molecule has 0 saturated carbocycles. The number of allylic oxidation sites excluding steroid dienone is 9. The van der Waals surface area contributed by atoms with Gasteiger partial charge in [-0.3, -0.25) is 4.90 Å². The average molecular weight is 532 g/mol. The van der Waals surface area contributed by atoms with Crippen molar-refractivity contribution in [2.45, 2.75) is 19.3 Å². The smallest absolute Gasteiger partial charge is 0.160 e. The van der Waals surface area contributed by atoms with Crippen LogP contribution >= 0.6 is 11.8 Å². The molecule has 5 nitrogen and oxygen atoms in total. The number of aromatic hydroxyl groups is 1. The number of halogens is 3. The second-order valence-electron chi connectivity index (χ2n) is 8.60. The minimum absolute atomic E-state index is 0.0121. The topological polar surface area (TPSA) is 39.2 Å². The Kier molecular flexibility index (Phi) is 9.26. The number of thioether (sulfide) groups is 1. The Bertz CT molecular complexity index is 1220. The molecule has 2 aliphatic rings. The van der Waals surface area contributed by atoms with E-state index in [4.69, 9.17) is 4.74 Å². The molecule has 0 bridgehead atoms. The first-order valence-corrected chi connectivity index (χ1v) is 12.7. The Morgan fingerprint density at radius 2 is 2.03 bits per heavy atom. The predicted octanol–water partition coefficient (Wildman–Crippen LogP) is 7.13. The molecule has 1 N–H and O–H groups in total. The third kappa shape index (κ3) is 6.28. The van der Waals surface area contributed by atoms with E-state index in [0.29, 0.717) is 11.4 Å². The van der Waals surface area contributed by atoms with E-state index in [1.54, 1.807) is 31.2 Å². The highest BCUT2D eigenvalue weighted by Gasteiger charge is 2.37. The van der Waals surface area contributed by atoms with Crippen LogP contribution in [0, 0.1) is 5.92 Å². The van der Waals surface area contributed by atoms with Gasteiger partial charge in [0.05, 0.1) is 7.11 Å². The monoisotopic (exact) mass is 531 g/mol. The summed E-state index contributed by atoms with van der Waals surface area (Å²) in [6.07, 6.45) is 10.9. The van der Waals surface area contributed by atoms with Crippen molar-refractivity contribution >= 4 is 17.4 Å². The molecule has 2 atom stereocenters. The molecule has 0 amide bonds. The van der Waals surface area contributed by atoms with Crippen molar-refractivity contribution in [3.05, 3.63) is 102 Å². The lowest BCUT2D eigenvalue weighted by Gasteiger charge is -2.38. The van der Waals surface area contributed by atoms with Crippen LogP contribution in [0.4, 0.5) is 18.9 Å². The molecule has 1 aromatic carbocycles. The first kappa shape index (κ1) is 28.1. The molecule has 1 heterocycles. The second-order valence-corrected chi connectivity index (χ2v) is 9.64. The minimum Gasteiger partial charge on any atom is -0.504 e. The van der Waals surface area contributed by atoms with Crippen LogP contribution in [-0.2, 0) is 0 Å². The maximum atomic E-state index is 14.6. The highest BCUT2D eigenvalue weighted by atomic mass is 32.2. The van der Waals surface area contributed by atoms with Gasteiger partial charge in [-0.25, -0.2) is 13.2 Å². The van der Waals surface area contributed by atoms with E-state index in [9.17, 15) is 18.3 Å². The average Bonchev–Trinajstić information content (AvgIpc) is 3.08. The summed E-state index contributed by atoms with van der Waals surface area (Å²) < 4.78 is 48.0. The number of hydrogen-bond acceptors (Lipinski definition) is 6. The number of phenolic OH excluding ortho intramolecular Hbond substituents is 1. The van der Waals surface area contributed by atoms with Crippen molar-refractivity contribution < 1.29 is 23.0 Å². The molecule has 1 aliphatic heterocycles. The van der Waals surface area contributed by atoms with Crippen LogP contribution in [0.15, 0.2) is 102 Å². The van der Waals surface area contributed by atoms with Gasteiger partial charge >= 0.3 is 0 Å². The molecule has 0 aromatic heterocycles. The summed E-state index contributed by atoms with van der Waals surface area (Å²) in [7, 11) is 5.18. The normalized spacial score (nSPS) is 20.4. The third-order valence-electron chi connectivity index (χ3n) is 6.04. The van der Waals surface area contributed by atoms with Crippen LogP contribution in [0.25, 0.3) is 0 Å². The zero-order chi connectivity index (χ0) is 27.3. The first-order chi connectivity index (χ1) is 17.6. The maximum Gasteiger partial charge on any atom is 0.160 e. The summed E-state index contributed by atoms with van der Waals surface area (Å²) in [6.45, 7) is 6.91. The van der Waals surface area contributed by atoms with E-state index in [2.05, 4.69) is 6.58 Å². The summed E-state index contributed by atoms with van der Waals surface area (Å²) in [4.78, 5) is 5.81. The van der Waals surface area contributed by atoms with Gasteiger partial charge in [-0.15, -0.1) is 11.8 Å². The summed E-state index contributed by atoms with van der Waals surface area (Å²) in [5.41, 5.74) is 0.950. The summed E-state index contributed by atoms with van der Waals surface area (Å²) in [6, 6.07) is 5.06. The van der Waals surface area contributed by atoms with E-state index in [-0.39, 0.29) is 28.8 Å². The number of hydrogen-bond donors (Lipinski definition) is 1. The maximum absolute atomic E-state index is 14.6. The minimum atomic E-state index is -0.829. The van der Waals surface area contributed by atoms with Crippen LogP contribution in [0.5, 0.6) is 11.5 Å². The van der Waals surface area contributed by atoms with Crippen LogP contribution in [0.3, 0.4) is 0 Å². The molecule has 0 fully saturated rings. The molecule has 9 heteroatoms. The molecule has 0 spiro atoms. The van der Waals surface area contributed by atoms with Crippen molar-refractivity contribution in [3.8, 4) is 11.5 Å². The predicted molar refractivity (Wildman–Crippen MR) is 146 cm³/mol. The lowest BCUT2D eigenvalue weighted by Crippen LogP contribution is -2.40. The Morgan fingerprint density at radius 1 is 1.30 bits per heavy atom. The lowest BCUT2D eigenvalue weighted by molar-refractivity contribution is 0.279. The number of anilines is 1. The number of methoxy groups -OCH3 is 1. The Morgan fingerprint density at radius 3 is 2.65 bits per heavy atom. The fraction of sp³-hybridized carbons (Fsp3) is 0.286.